The molecule has 0 radical (unpaired) electrons. The molecule has 1 aromatic carbocycles. The van der Waals surface area contributed by atoms with E-state index in [1.807, 2.05) is 37.5 Å². The Morgan fingerprint density at radius 3 is 2.41 bits per heavy atom. The normalized spacial score (nSPS) is 20.6. The molecule has 3 aromatic rings. The van der Waals surface area contributed by atoms with E-state index in [1.54, 1.807) is 25.4 Å². The van der Waals surface area contributed by atoms with Crippen molar-refractivity contribution in [3.63, 3.8) is 0 Å². The number of pyridine rings is 1. The fourth-order valence-electron chi connectivity index (χ4n) is 5.23. The zero-order valence-electron chi connectivity index (χ0n) is 22.3. The number of aryl methyl sites for hydroxylation is 1. The number of ether oxygens (including phenoxy) is 2. The molecule has 0 saturated heterocycles. The Morgan fingerprint density at radius 1 is 1.10 bits per heavy atom. The molecule has 0 fully saturated rings. The number of carbonyl (C=O) groups is 1. The lowest BCUT2D eigenvalue weighted by atomic mass is 9.88. The van der Waals surface area contributed by atoms with Crippen molar-refractivity contribution in [1.82, 2.24) is 19.4 Å². The number of aliphatic imine (C=N–C) groups is 1. The highest BCUT2D eigenvalue weighted by Gasteiger charge is 2.54. The molecule has 1 N–H and O–H groups in total. The van der Waals surface area contributed by atoms with Crippen LogP contribution in [-0.2, 0) is 22.1 Å². The molecule has 10 nitrogen and oxygen atoms in total. The van der Waals surface area contributed by atoms with Gasteiger partial charge in [-0.05, 0) is 44.5 Å². The first-order valence-electron chi connectivity index (χ1n) is 12.2. The summed E-state index contributed by atoms with van der Waals surface area (Å²) in [6.07, 6.45) is 2.60. The predicted octanol–water partition coefficient (Wildman–Crippen LogP) is 4.31. The van der Waals surface area contributed by atoms with Crippen LogP contribution < -0.4 is 15.8 Å². The van der Waals surface area contributed by atoms with Crippen molar-refractivity contribution in [2.75, 3.05) is 19.1 Å². The molecule has 12 heteroatoms. The number of methoxy groups -OCH3 is 2. The highest BCUT2D eigenvalue weighted by atomic mass is 35.5. The van der Waals surface area contributed by atoms with Crippen molar-refractivity contribution in [1.29, 1.82) is 0 Å². The average molecular weight is 571 g/mol. The molecule has 0 aliphatic carbocycles. The fourth-order valence-corrected chi connectivity index (χ4v) is 5.61. The molecule has 204 valence electrons. The van der Waals surface area contributed by atoms with Crippen LogP contribution in [0.3, 0.4) is 0 Å². The highest BCUT2D eigenvalue weighted by molar-refractivity contribution is 6.31. The zero-order chi connectivity index (χ0) is 28.2. The number of carbonyl (C=O) groups excluding carboxylic acids is 1. The van der Waals surface area contributed by atoms with Crippen molar-refractivity contribution < 1.29 is 14.3 Å². The summed E-state index contributed by atoms with van der Waals surface area (Å²) in [5, 5.41) is 3.93. The maximum atomic E-state index is 14.3. The topological polar surface area (TPSA) is 103 Å². The van der Waals surface area contributed by atoms with E-state index < -0.39 is 17.8 Å². The van der Waals surface area contributed by atoms with Gasteiger partial charge in [0.05, 0.1) is 23.4 Å². The van der Waals surface area contributed by atoms with Crippen LogP contribution in [0.2, 0.25) is 10.0 Å². The lowest BCUT2D eigenvalue weighted by Gasteiger charge is -2.38. The lowest BCUT2D eigenvalue weighted by Crippen LogP contribution is -2.47. The van der Waals surface area contributed by atoms with Gasteiger partial charge in [0.2, 0.25) is 12.2 Å². The predicted molar refractivity (Wildman–Crippen MR) is 150 cm³/mol. The van der Waals surface area contributed by atoms with Crippen LogP contribution in [0.25, 0.3) is 5.57 Å². The van der Waals surface area contributed by atoms with Gasteiger partial charge in [-0.25, -0.2) is 4.98 Å². The second-order valence-electron chi connectivity index (χ2n) is 9.73. The molecule has 2 atom stereocenters. The first kappa shape index (κ1) is 27.0. The van der Waals surface area contributed by atoms with Crippen LogP contribution in [-0.4, -0.2) is 46.5 Å². The number of benzene rings is 1. The number of anilines is 1. The summed E-state index contributed by atoms with van der Waals surface area (Å²) in [5.41, 5.74) is 0.757. The molecular formula is C27H28Cl2N6O4. The number of imidazole rings is 1. The minimum absolute atomic E-state index is 0.142. The second kappa shape index (κ2) is 9.86. The summed E-state index contributed by atoms with van der Waals surface area (Å²) in [6, 6.07) is 8.56. The number of rotatable bonds is 5. The van der Waals surface area contributed by atoms with Gasteiger partial charge in [0.1, 0.15) is 17.1 Å². The number of halogens is 2. The van der Waals surface area contributed by atoms with E-state index in [4.69, 9.17) is 37.7 Å². The average Bonchev–Trinajstić information content (AvgIpc) is 3.41. The third kappa shape index (κ3) is 4.14. The Hall–Kier alpha value is -3.60. The Labute approximate surface area is 235 Å². The van der Waals surface area contributed by atoms with Crippen LogP contribution in [0.15, 0.2) is 52.5 Å². The molecule has 2 aliphatic rings. The maximum Gasteiger partial charge on any atom is 0.280 e. The first-order valence-corrected chi connectivity index (χ1v) is 13.0. The molecule has 2 aromatic heterocycles. The SMILES string of the molecule is COC1=NC(OC)NC=C1c1nc2c(n1C(C)C)C(C)(c1ccc(Cl)cc1)N(c1cc(Cl)cn(C)c1=O)C2=O. The zero-order valence-corrected chi connectivity index (χ0v) is 23.8. The number of fused-ring (bicyclic) bond motifs is 1. The Morgan fingerprint density at radius 2 is 1.79 bits per heavy atom. The summed E-state index contributed by atoms with van der Waals surface area (Å²) < 4.78 is 14.2. The van der Waals surface area contributed by atoms with E-state index in [0.29, 0.717) is 33.0 Å². The van der Waals surface area contributed by atoms with Crippen LogP contribution in [0.4, 0.5) is 5.69 Å². The minimum atomic E-state index is -1.15. The minimum Gasteiger partial charge on any atom is -0.481 e. The number of amides is 1. The monoisotopic (exact) mass is 570 g/mol. The number of hydrogen-bond acceptors (Lipinski definition) is 7. The van der Waals surface area contributed by atoms with Gasteiger partial charge in [0, 0.05) is 37.6 Å². The first-order chi connectivity index (χ1) is 18.5. The molecule has 1 amide bonds. The Bertz CT molecular complexity index is 1590. The number of nitrogens with one attached hydrogen (secondary N) is 1. The van der Waals surface area contributed by atoms with Gasteiger partial charge in [-0.15, -0.1) is 0 Å². The highest BCUT2D eigenvalue weighted by Crippen LogP contribution is 2.48. The Balaban J connectivity index is 1.82. The van der Waals surface area contributed by atoms with Crippen molar-refractivity contribution in [2.24, 2.45) is 12.0 Å². The smallest absolute Gasteiger partial charge is 0.280 e. The number of hydrogen-bond donors (Lipinski definition) is 1. The van der Waals surface area contributed by atoms with Crippen molar-refractivity contribution in [3.8, 4) is 0 Å². The van der Waals surface area contributed by atoms with E-state index in [2.05, 4.69) is 10.3 Å². The van der Waals surface area contributed by atoms with Crippen molar-refractivity contribution in [3.05, 3.63) is 85.9 Å². The number of aromatic nitrogens is 3. The van der Waals surface area contributed by atoms with Crippen LogP contribution >= 0.6 is 23.2 Å². The standard InChI is InChI=1S/C27H28Cl2N6O4/c1-14(2)34-21-20(31-22(34)18-12-30-26(39-6)32-23(18)38-5)25(37)35(19-11-17(29)13-33(4)24(19)36)27(21,3)15-7-9-16(28)10-8-15/h7-14,26,30H,1-6H3. The third-order valence-corrected chi connectivity index (χ3v) is 7.47. The Kier molecular flexibility index (Phi) is 6.82. The van der Waals surface area contributed by atoms with Gasteiger partial charge < -0.3 is 23.9 Å². The number of nitrogens with zero attached hydrogens (tertiary/aromatic N) is 5. The van der Waals surface area contributed by atoms with E-state index in [-0.39, 0.29) is 23.0 Å². The summed E-state index contributed by atoms with van der Waals surface area (Å²) in [4.78, 5) is 38.4. The fraction of sp³-hybridized carbons (Fsp3) is 0.333. The summed E-state index contributed by atoms with van der Waals surface area (Å²) in [6.45, 7) is 5.89. The van der Waals surface area contributed by atoms with Gasteiger partial charge in [-0.2, -0.15) is 4.99 Å². The van der Waals surface area contributed by atoms with Crippen LogP contribution in [0, 0.1) is 0 Å². The van der Waals surface area contributed by atoms with Gasteiger partial charge >= 0.3 is 0 Å². The van der Waals surface area contributed by atoms with Gasteiger partial charge in [0.15, 0.2) is 5.69 Å². The largest absolute Gasteiger partial charge is 0.481 e. The maximum absolute atomic E-state index is 14.3. The lowest BCUT2D eigenvalue weighted by molar-refractivity contribution is 0.0902. The molecule has 4 heterocycles. The van der Waals surface area contributed by atoms with E-state index in [0.717, 1.165) is 5.56 Å². The summed E-state index contributed by atoms with van der Waals surface area (Å²) >= 11 is 12.6. The van der Waals surface area contributed by atoms with Gasteiger partial charge in [-0.1, -0.05) is 35.3 Å². The molecule has 5 rings (SSSR count). The van der Waals surface area contributed by atoms with E-state index in [1.165, 1.54) is 35.9 Å². The van der Waals surface area contributed by atoms with Crippen LogP contribution in [0.1, 0.15) is 54.4 Å². The van der Waals surface area contributed by atoms with Crippen LogP contribution in [0.5, 0.6) is 0 Å². The van der Waals surface area contributed by atoms with Crippen molar-refractivity contribution in [2.45, 2.75) is 38.7 Å². The summed E-state index contributed by atoms with van der Waals surface area (Å²) in [5.74, 6) is 0.370. The quantitative estimate of drug-likeness (QED) is 0.490. The van der Waals surface area contributed by atoms with E-state index >= 15 is 0 Å². The molecular weight excluding hydrogens is 543 g/mol. The van der Waals surface area contributed by atoms with Gasteiger partial charge in [0.25, 0.3) is 11.5 Å². The molecule has 0 saturated carbocycles. The molecule has 0 spiro atoms. The van der Waals surface area contributed by atoms with E-state index in [9.17, 15) is 9.59 Å². The van der Waals surface area contributed by atoms with Crippen molar-refractivity contribution >= 4 is 46.3 Å². The summed E-state index contributed by atoms with van der Waals surface area (Å²) in [7, 11) is 4.64. The molecule has 39 heavy (non-hydrogen) atoms. The molecule has 0 bridgehead atoms. The second-order valence-corrected chi connectivity index (χ2v) is 10.6. The third-order valence-electron chi connectivity index (χ3n) is 7.01. The van der Waals surface area contributed by atoms with Gasteiger partial charge in [-0.3, -0.25) is 14.5 Å². The molecule has 2 unspecified atom stereocenters. The molecule has 2 aliphatic heterocycles.